The van der Waals surface area contributed by atoms with Gasteiger partial charge in [-0.05, 0) is 0 Å². The van der Waals surface area contributed by atoms with Gasteiger partial charge in [-0.3, -0.25) is 0 Å². The van der Waals surface area contributed by atoms with Crippen molar-refractivity contribution in [3.63, 3.8) is 0 Å². The van der Waals surface area contributed by atoms with Crippen LogP contribution in [0.5, 0.6) is 0 Å². The minimum atomic E-state index is 0. The van der Waals surface area contributed by atoms with Crippen molar-refractivity contribution in [3.8, 4) is 0 Å². The van der Waals surface area contributed by atoms with Crippen molar-refractivity contribution in [1.82, 2.24) is 0 Å². The van der Waals surface area contributed by atoms with Gasteiger partial charge in [-0.1, -0.05) is 0 Å². The van der Waals surface area contributed by atoms with Gasteiger partial charge in [0.1, 0.15) is 0 Å². The van der Waals surface area contributed by atoms with E-state index >= 15 is 0 Å². The van der Waals surface area contributed by atoms with Gasteiger partial charge in [-0.25, -0.2) is 0 Å². The van der Waals surface area contributed by atoms with Crippen molar-refractivity contribution in [3.05, 3.63) is 30.3 Å². The van der Waals surface area contributed by atoms with Crippen LogP contribution in [0.3, 0.4) is 0 Å². The Labute approximate surface area is 69.7 Å². The third-order valence-corrected chi connectivity index (χ3v) is 1.31. The maximum absolute atomic E-state index is 2.90. The second-order valence-electron chi connectivity index (χ2n) is 1.31. The van der Waals surface area contributed by atoms with Gasteiger partial charge in [-0.15, -0.1) is 0 Å². The zero-order chi connectivity index (χ0) is 5.11. The Bertz CT molecular complexity index is 138. The first-order valence-corrected chi connectivity index (χ1v) is 2.97. The molecule has 0 aromatic heterocycles. The van der Waals surface area contributed by atoms with Gasteiger partial charge < -0.3 is 0 Å². The van der Waals surface area contributed by atoms with Crippen molar-refractivity contribution in [2.45, 2.75) is 0 Å². The summed E-state index contributed by atoms with van der Waals surface area (Å²) in [6, 6.07) is 10.1. The molecule has 2 heteroatoms. The summed E-state index contributed by atoms with van der Waals surface area (Å²) in [5, 5.41) is 0. The van der Waals surface area contributed by atoms with Crippen molar-refractivity contribution >= 4 is 39.3 Å². The van der Waals surface area contributed by atoms with Crippen LogP contribution in [0.25, 0.3) is 0 Å². The summed E-state index contributed by atoms with van der Waals surface area (Å²) in [4.78, 5) is 0. The summed E-state index contributed by atoms with van der Waals surface area (Å²) in [5.74, 6) is 0. The molecule has 36 valence electrons. The van der Waals surface area contributed by atoms with Gasteiger partial charge in [0.25, 0.3) is 0 Å². The van der Waals surface area contributed by atoms with E-state index in [-0.39, 0.29) is 18.9 Å². The summed E-state index contributed by atoms with van der Waals surface area (Å²) < 4.78 is 1.20. The molecule has 0 fully saturated rings. The van der Waals surface area contributed by atoms with Crippen molar-refractivity contribution in [1.29, 1.82) is 0 Å². The standard InChI is InChI=1S/C6H5Se.Li/c7-6-4-2-1-3-5-6;/h1-5H;. The topological polar surface area (TPSA) is 0 Å². The van der Waals surface area contributed by atoms with E-state index in [1.165, 1.54) is 4.46 Å². The summed E-state index contributed by atoms with van der Waals surface area (Å²) in [6.45, 7) is 0. The van der Waals surface area contributed by atoms with Gasteiger partial charge in [-0.2, -0.15) is 0 Å². The van der Waals surface area contributed by atoms with Gasteiger partial charge in [0.05, 0.1) is 0 Å². The van der Waals surface area contributed by atoms with E-state index in [2.05, 4.69) is 16.0 Å². The zero-order valence-electron chi connectivity index (χ0n) is 4.79. The van der Waals surface area contributed by atoms with E-state index < -0.39 is 0 Å². The Balaban J connectivity index is 0.000000490. The molecule has 1 aromatic carbocycles. The van der Waals surface area contributed by atoms with Crippen LogP contribution in [-0.2, 0) is 0 Å². The molecule has 0 nitrogen and oxygen atoms in total. The molecule has 0 bridgehead atoms. The summed E-state index contributed by atoms with van der Waals surface area (Å²) >= 11 is 2.90. The molecule has 1 aromatic rings. The van der Waals surface area contributed by atoms with E-state index in [0.29, 0.717) is 0 Å². The molecular formula is C6H5LiSe. The third kappa shape index (κ3) is 2.60. The SMILES string of the molecule is [Li].[Se]c1ccccc1. The van der Waals surface area contributed by atoms with E-state index in [1.807, 2.05) is 30.3 Å². The fourth-order valence-electron chi connectivity index (χ4n) is 0.420. The Morgan fingerprint density at radius 3 is 1.75 bits per heavy atom. The Morgan fingerprint density at radius 1 is 1.00 bits per heavy atom. The monoisotopic (exact) mass is 164 g/mol. The molecule has 0 saturated heterocycles. The second kappa shape index (κ2) is 4.24. The maximum atomic E-state index is 2.90. The molecule has 2 radical (unpaired) electrons. The van der Waals surface area contributed by atoms with Crippen LogP contribution in [0, 0.1) is 0 Å². The molecule has 0 atom stereocenters. The summed E-state index contributed by atoms with van der Waals surface area (Å²) in [6.07, 6.45) is 0. The van der Waals surface area contributed by atoms with E-state index in [4.69, 9.17) is 0 Å². The van der Waals surface area contributed by atoms with E-state index in [1.54, 1.807) is 0 Å². The second-order valence-corrected chi connectivity index (χ2v) is 2.30. The molecule has 0 saturated carbocycles. The molecule has 0 unspecified atom stereocenters. The Morgan fingerprint density at radius 2 is 1.50 bits per heavy atom. The molecule has 0 N–H and O–H groups in total. The fourth-order valence-corrected chi connectivity index (χ4v) is 0.750. The average Bonchev–Trinajstić information content (AvgIpc) is 1.69. The summed E-state index contributed by atoms with van der Waals surface area (Å²) in [5.41, 5.74) is 0. The average molecular weight is 163 g/mol. The van der Waals surface area contributed by atoms with Crippen molar-refractivity contribution < 1.29 is 0 Å². The molecule has 0 amide bonds. The normalized spacial score (nSPS) is 7.50. The van der Waals surface area contributed by atoms with Crippen LogP contribution < -0.4 is 4.46 Å². The predicted molar refractivity (Wildman–Crippen MR) is 37.6 cm³/mol. The third-order valence-electron chi connectivity index (χ3n) is 0.743. The first kappa shape index (κ1) is 8.34. The van der Waals surface area contributed by atoms with Crippen LogP contribution in [0.1, 0.15) is 0 Å². The molecule has 8 heavy (non-hydrogen) atoms. The number of hydrogen-bond acceptors (Lipinski definition) is 0. The van der Waals surface area contributed by atoms with Gasteiger partial charge in [0, 0.05) is 18.9 Å². The van der Waals surface area contributed by atoms with Gasteiger partial charge in [0.2, 0.25) is 0 Å². The predicted octanol–water partition coefficient (Wildman–Crippen LogP) is 0.0996. The van der Waals surface area contributed by atoms with Crippen LogP contribution in [0.2, 0.25) is 0 Å². The molecular weight excluding hydrogens is 158 g/mol. The fraction of sp³-hybridized carbons (Fsp3) is 0. The Hall–Kier alpha value is 0.337. The van der Waals surface area contributed by atoms with E-state index in [0.717, 1.165) is 0 Å². The molecule has 0 spiro atoms. The molecule has 1 rings (SSSR count). The van der Waals surface area contributed by atoms with Crippen LogP contribution >= 0.6 is 0 Å². The van der Waals surface area contributed by atoms with Crippen molar-refractivity contribution in [2.24, 2.45) is 0 Å². The van der Waals surface area contributed by atoms with E-state index in [9.17, 15) is 0 Å². The number of benzene rings is 1. The van der Waals surface area contributed by atoms with Crippen LogP contribution in [-0.4, -0.2) is 34.9 Å². The number of hydrogen-bond donors (Lipinski definition) is 0. The molecule has 0 heterocycles. The minimum absolute atomic E-state index is 0. The van der Waals surface area contributed by atoms with Gasteiger partial charge >= 0.3 is 50.8 Å². The quantitative estimate of drug-likeness (QED) is 0.476. The van der Waals surface area contributed by atoms with Crippen LogP contribution in [0.15, 0.2) is 30.3 Å². The summed E-state index contributed by atoms with van der Waals surface area (Å²) in [7, 11) is 0. The molecule has 0 aliphatic carbocycles. The Kier molecular flexibility index (Phi) is 4.42. The first-order chi connectivity index (χ1) is 3.39. The molecule has 0 aliphatic heterocycles. The van der Waals surface area contributed by atoms with Crippen molar-refractivity contribution in [2.75, 3.05) is 0 Å². The first-order valence-electron chi connectivity index (χ1n) is 2.11. The van der Waals surface area contributed by atoms with Crippen LogP contribution in [0.4, 0.5) is 0 Å². The van der Waals surface area contributed by atoms with Gasteiger partial charge in [0.15, 0.2) is 0 Å². The number of rotatable bonds is 0. The zero-order valence-corrected chi connectivity index (χ0v) is 6.51. The molecule has 0 aliphatic rings.